The van der Waals surface area contributed by atoms with Crippen molar-refractivity contribution in [2.45, 2.75) is 49.2 Å². The van der Waals surface area contributed by atoms with Gasteiger partial charge in [-0.2, -0.15) is 0 Å². The molecule has 16 heavy (non-hydrogen) atoms. The summed E-state index contributed by atoms with van der Waals surface area (Å²) in [5, 5.41) is 0.759. The molecular formula is C14H18OS. The van der Waals surface area contributed by atoms with Crippen LogP contribution in [0.15, 0.2) is 23.1 Å². The average molecular weight is 234 g/mol. The molecule has 1 fully saturated rings. The lowest BCUT2D eigenvalue weighted by Crippen LogP contribution is -2.08. The van der Waals surface area contributed by atoms with Crippen LogP contribution in [0, 0.1) is 6.92 Å². The second-order valence-corrected chi connectivity index (χ2v) is 5.86. The molecule has 0 amide bonds. The first kappa shape index (κ1) is 11.7. The second kappa shape index (κ2) is 5.53. The van der Waals surface area contributed by atoms with E-state index in [9.17, 15) is 4.79 Å². The van der Waals surface area contributed by atoms with Gasteiger partial charge in [0, 0.05) is 15.7 Å². The molecule has 0 aliphatic heterocycles. The Balaban J connectivity index is 2.09. The minimum absolute atomic E-state index is 0.759. The Morgan fingerprint density at radius 2 is 2.00 bits per heavy atom. The standard InChI is InChI=1S/C14H18OS/c1-11-7-8-12(10-15)9-14(11)16-13-5-3-2-4-6-13/h7-10,13H,2-6H2,1H3. The van der Waals surface area contributed by atoms with E-state index >= 15 is 0 Å². The number of aryl methyl sites for hydroxylation is 1. The van der Waals surface area contributed by atoms with Crippen LogP contribution in [0.5, 0.6) is 0 Å². The largest absolute Gasteiger partial charge is 0.298 e. The number of rotatable bonds is 3. The number of benzene rings is 1. The Kier molecular flexibility index (Phi) is 4.05. The van der Waals surface area contributed by atoms with Crippen LogP contribution in [0.4, 0.5) is 0 Å². The van der Waals surface area contributed by atoms with Gasteiger partial charge in [0.1, 0.15) is 6.29 Å². The monoisotopic (exact) mass is 234 g/mol. The molecule has 2 heteroatoms. The van der Waals surface area contributed by atoms with Crippen molar-refractivity contribution >= 4 is 18.0 Å². The Morgan fingerprint density at radius 3 is 2.69 bits per heavy atom. The number of thioether (sulfide) groups is 1. The van der Waals surface area contributed by atoms with Gasteiger partial charge in [-0.3, -0.25) is 4.79 Å². The van der Waals surface area contributed by atoms with E-state index in [0.29, 0.717) is 0 Å². The average Bonchev–Trinajstić information content (AvgIpc) is 2.33. The van der Waals surface area contributed by atoms with E-state index in [1.165, 1.54) is 42.6 Å². The molecule has 86 valence electrons. The third-order valence-electron chi connectivity index (χ3n) is 3.19. The van der Waals surface area contributed by atoms with Gasteiger partial charge < -0.3 is 0 Å². The lowest BCUT2D eigenvalue weighted by molar-refractivity contribution is 0.112. The topological polar surface area (TPSA) is 17.1 Å². The number of hydrogen-bond acceptors (Lipinski definition) is 2. The van der Waals surface area contributed by atoms with Crippen LogP contribution in [-0.2, 0) is 0 Å². The van der Waals surface area contributed by atoms with Gasteiger partial charge >= 0.3 is 0 Å². The van der Waals surface area contributed by atoms with E-state index in [-0.39, 0.29) is 0 Å². The van der Waals surface area contributed by atoms with Crippen LogP contribution in [0.1, 0.15) is 48.0 Å². The van der Waals surface area contributed by atoms with Crippen LogP contribution in [0.2, 0.25) is 0 Å². The minimum atomic E-state index is 0.759. The Labute approximate surface area is 102 Å². The fourth-order valence-corrected chi connectivity index (χ4v) is 3.57. The first-order valence-corrected chi connectivity index (χ1v) is 6.90. The SMILES string of the molecule is Cc1ccc(C=O)cc1SC1CCCCC1. The summed E-state index contributed by atoms with van der Waals surface area (Å²) in [7, 11) is 0. The first-order valence-electron chi connectivity index (χ1n) is 6.02. The molecule has 1 aromatic rings. The van der Waals surface area contributed by atoms with Gasteiger partial charge in [0.05, 0.1) is 0 Å². The van der Waals surface area contributed by atoms with E-state index in [4.69, 9.17) is 0 Å². The summed E-state index contributed by atoms with van der Waals surface area (Å²) in [5.74, 6) is 0. The maximum Gasteiger partial charge on any atom is 0.150 e. The zero-order valence-electron chi connectivity index (χ0n) is 9.74. The maximum atomic E-state index is 10.8. The molecule has 1 aliphatic rings. The quantitative estimate of drug-likeness (QED) is 0.728. The van der Waals surface area contributed by atoms with Crippen molar-refractivity contribution in [3.8, 4) is 0 Å². The zero-order chi connectivity index (χ0) is 11.4. The molecule has 0 radical (unpaired) electrons. The number of hydrogen-bond donors (Lipinski definition) is 0. The van der Waals surface area contributed by atoms with Crippen LogP contribution in [0.25, 0.3) is 0 Å². The molecule has 0 spiro atoms. The van der Waals surface area contributed by atoms with Gasteiger partial charge in [-0.15, -0.1) is 11.8 Å². The molecule has 0 aromatic heterocycles. The van der Waals surface area contributed by atoms with E-state index in [1.807, 2.05) is 23.9 Å². The smallest absolute Gasteiger partial charge is 0.150 e. The van der Waals surface area contributed by atoms with Gasteiger partial charge in [0.25, 0.3) is 0 Å². The molecule has 1 aromatic carbocycles. The van der Waals surface area contributed by atoms with E-state index in [0.717, 1.165) is 17.1 Å². The van der Waals surface area contributed by atoms with Crippen LogP contribution >= 0.6 is 11.8 Å². The highest BCUT2D eigenvalue weighted by Gasteiger charge is 2.15. The molecule has 0 heterocycles. The fraction of sp³-hybridized carbons (Fsp3) is 0.500. The highest BCUT2D eigenvalue weighted by molar-refractivity contribution is 8.00. The summed E-state index contributed by atoms with van der Waals surface area (Å²) in [6.45, 7) is 2.12. The summed E-state index contributed by atoms with van der Waals surface area (Å²) < 4.78 is 0. The van der Waals surface area contributed by atoms with Gasteiger partial charge in [0.2, 0.25) is 0 Å². The summed E-state index contributed by atoms with van der Waals surface area (Å²) >= 11 is 1.96. The summed E-state index contributed by atoms with van der Waals surface area (Å²) in [5.41, 5.74) is 2.09. The molecule has 0 bridgehead atoms. The molecule has 0 saturated heterocycles. The normalized spacial score (nSPS) is 17.3. The second-order valence-electron chi connectivity index (χ2n) is 4.52. The van der Waals surface area contributed by atoms with Crippen molar-refractivity contribution in [3.05, 3.63) is 29.3 Å². The zero-order valence-corrected chi connectivity index (χ0v) is 10.6. The van der Waals surface area contributed by atoms with E-state index in [2.05, 4.69) is 13.0 Å². The number of carbonyl (C=O) groups excluding carboxylic acids is 1. The highest BCUT2D eigenvalue weighted by Crippen LogP contribution is 2.35. The third kappa shape index (κ3) is 2.88. The molecular weight excluding hydrogens is 216 g/mol. The Hall–Kier alpha value is -0.760. The van der Waals surface area contributed by atoms with Gasteiger partial charge in [-0.1, -0.05) is 31.4 Å². The van der Waals surface area contributed by atoms with Crippen molar-refractivity contribution in [3.63, 3.8) is 0 Å². The van der Waals surface area contributed by atoms with Crippen molar-refractivity contribution in [2.75, 3.05) is 0 Å². The van der Waals surface area contributed by atoms with Crippen LogP contribution < -0.4 is 0 Å². The number of aldehydes is 1. The van der Waals surface area contributed by atoms with Crippen LogP contribution in [-0.4, -0.2) is 11.5 Å². The van der Waals surface area contributed by atoms with Crippen molar-refractivity contribution in [1.82, 2.24) is 0 Å². The molecule has 1 saturated carbocycles. The lowest BCUT2D eigenvalue weighted by Gasteiger charge is -2.21. The Bertz CT molecular complexity index is 367. The minimum Gasteiger partial charge on any atom is -0.298 e. The molecule has 2 rings (SSSR count). The first-order chi connectivity index (χ1) is 7.79. The van der Waals surface area contributed by atoms with Crippen molar-refractivity contribution in [1.29, 1.82) is 0 Å². The molecule has 0 N–H and O–H groups in total. The lowest BCUT2D eigenvalue weighted by atomic mass is 10.0. The molecule has 0 atom stereocenters. The molecule has 0 unspecified atom stereocenters. The highest BCUT2D eigenvalue weighted by atomic mass is 32.2. The maximum absolute atomic E-state index is 10.8. The van der Waals surface area contributed by atoms with E-state index < -0.39 is 0 Å². The predicted molar refractivity (Wildman–Crippen MR) is 69.3 cm³/mol. The van der Waals surface area contributed by atoms with Crippen molar-refractivity contribution < 1.29 is 4.79 Å². The summed E-state index contributed by atoms with van der Waals surface area (Å²) in [6, 6.07) is 5.98. The summed E-state index contributed by atoms with van der Waals surface area (Å²) in [4.78, 5) is 12.0. The van der Waals surface area contributed by atoms with E-state index in [1.54, 1.807) is 0 Å². The fourth-order valence-electron chi connectivity index (χ4n) is 2.18. The number of carbonyl (C=O) groups is 1. The predicted octanol–water partition coefficient (Wildman–Crippen LogP) is 4.23. The van der Waals surface area contributed by atoms with Gasteiger partial charge in [0.15, 0.2) is 0 Å². The van der Waals surface area contributed by atoms with Gasteiger partial charge in [-0.25, -0.2) is 0 Å². The molecule has 1 aliphatic carbocycles. The molecule has 1 nitrogen and oxygen atoms in total. The Morgan fingerprint density at radius 1 is 1.25 bits per heavy atom. The summed E-state index contributed by atoms with van der Waals surface area (Å²) in [6.07, 6.45) is 7.72. The van der Waals surface area contributed by atoms with Gasteiger partial charge in [-0.05, 0) is 31.4 Å². The third-order valence-corrected chi connectivity index (χ3v) is 4.69. The van der Waals surface area contributed by atoms with Crippen molar-refractivity contribution in [2.24, 2.45) is 0 Å². The van der Waals surface area contributed by atoms with Crippen LogP contribution in [0.3, 0.4) is 0 Å².